The van der Waals surface area contributed by atoms with Crippen LogP contribution >= 0.6 is 0 Å². The minimum Gasteiger partial charge on any atom is -0.490 e. The van der Waals surface area contributed by atoms with E-state index in [0.717, 1.165) is 34.7 Å². The third-order valence-electron chi connectivity index (χ3n) is 7.64. The quantitative estimate of drug-likeness (QED) is 0.189. The summed E-state index contributed by atoms with van der Waals surface area (Å²) in [5.74, 6) is 2.47. The molecular weight excluding hydrogens is 480 g/mol. The number of hydrogen-bond acceptors (Lipinski definition) is 4. The Labute approximate surface area is 231 Å². The molecule has 0 aromatic heterocycles. The van der Waals surface area contributed by atoms with E-state index in [1.165, 1.54) is 22.4 Å². The molecule has 39 heavy (non-hydrogen) atoms. The summed E-state index contributed by atoms with van der Waals surface area (Å²) in [5, 5.41) is 3.83. The Morgan fingerprint density at radius 2 is 1.74 bits per heavy atom. The highest BCUT2D eigenvalue weighted by Gasteiger charge is 2.37. The van der Waals surface area contributed by atoms with Crippen LogP contribution in [0.1, 0.15) is 53.1 Å². The van der Waals surface area contributed by atoms with Crippen molar-refractivity contribution in [2.24, 2.45) is 10.9 Å². The molecule has 1 N–H and O–H groups in total. The second-order valence-corrected chi connectivity index (χ2v) is 10.3. The molecule has 0 saturated heterocycles. The van der Waals surface area contributed by atoms with Crippen molar-refractivity contribution < 1.29 is 9.47 Å². The molecule has 1 heterocycles. The van der Waals surface area contributed by atoms with Crippen LogP contribution in [0.25, 0.3) is 0 Å². The minimum atomic E-state index is 0.287. The molecule has 0 saturated carbocycles. The fourth-order valence-electron chi connectivity index (χ4n) is 5.69. The van der Waals surface area contributed by atoms with Crippen LogP contribution in [0.5, 0.6) is 11.5 Å². The predicted octanol–water partition coefficient (Wildman–Crippen LogP) is 8.55. The first-order valence-corrected chi connectivity index (χ1v) is 13.8. The number of nitrogens with zero attached hydrogens (tertiary/aromatic N) is 1. The number of ether oxygens (including phenoxy) is 2. The molecule has 4 nitrogen and oxygen atoms in total. The summed E-state index contributed by atoms with van der Waals surface area (Å²) in [6, 6.07) is 31.8. The Bertz CT molecular complexity index is 1490. The van der Waals surface area contributed by atoms with E-state index in [0.29, 0.717) is 25.0 Å². The van der Waals surface area contributed by atoms with E-state index < -0.39 is 0 Å². The lowest BCUT2D eigenvalue weighted by atomic mass is 9.76. The first-order valence-electron chi connectivity index (χ1n) is 13.8. The van der Waals surface area contributed by atoms with Gasteiger partial charge in [0.1, 0.15) is 6.61 Å². The Balaban J connectivity index is 1.16. The number of anilines is 1. The summed E-state index contributed by atoms with van der Waals surface area (Å²) in [5.41, 5.74) is 8.31. The molecule has 0 unspecified atom stereocenters. The topological polar surface area (TPSA) is 42.8 Å². The van der Waals surface area contributed by atoms with E-state index in [1.807, 2.05) is 49.5 Å². The SMILES string of the molecule is CCOc1cc(C=Nc2ccc([C@@H]3Nc4ccc(C)cc4[C@H]4C=CC[C@H]43)cc2)ccc1OCc1ccccc1. The molecule has 4 aromatic rings. The number of hydrogen-bond donors (Lipinski definition) is 1. The van der Waals surface area contributed by atoms with Crippen LogP contribution in [0, 0.1) is 12.8 Å². The van der Waals surface area contributed by atoms with Gasteiger partial charge in [0.2, 0.25) is 0 Å². The zero-order chi connectivity index (χ0) is 26.6. The molecule has 0 bridgehead atoms. The van der Waals surface area contributed by atoms with Crippen LogP contribution in [-0.2, 0) is 6.61 Å². The molecule has 6 rings (SSSR count). The van der Waals surface area contributed by atoms with Crippen molar-refractivity contribution in [1.82, 2.24) is 0 Å². The summed E-state index contributed by atoms with van der Waals surface area (Å²) in [6.45, 7) is 5.22. The summed E-state index contributed by atoms with van der Waals surface area (Å²) < 4.78 is 11.9. The monoisotopic (exact) mass is 514 g/mol. The average molecular weight is 515 g/mol. The maximum Gasteiger partial charge on any atom is 0.161 e. The number of aliphatic imine (C=N–C) groups is 1. The van der Waals surface area contributed by atoms with Gasteiger partial charge in [-0.3, -0.25) is 4.99 Å². The first kappa shape index (κ1) is 25.0. The van der Waals surface area contributed by atoms with Gasteiger partial charge in [0.25, 0.3) is 0 Å². The summed E-state index contributed by atoms with van der Waals surface area (Å²) in [6.07, 6.45) is 7.72. The molecule has 1 aliphatic heterocycles. The van der Waals surface area contributed by atoms with E-state index in [9.17, 15) is 0 Å². The molecule has 2 aliphatic rings. The highest BCUT2D eigenvalue weighted by molar-refractivity contribution is 5.83. The maximum atomic E-state index is 6.04. The predicted molar refractivity (Wildman–Crippen MR) is 160 cm³/mol. The molecule has 1 aliphatic carbocycles. The van der Waals surface area contributed by atoms with Gasteiger partial charge in [-0.05, 0) is 84.8 Å². The largest absolute Gasteiger partial charge is 0.490 e. The molecule has 0 spiro atoms. The highest BCUT2D eigenvalue weighted by Crippen LogP contribution is 2.50. The molecule has 4 heteroatoms. The lowest BCUT2D eigenvalue weighted by Crippen LogP contribution is -2.29. The fraction of sp³-hybridized carbons (Fsp3) is 0.229. The van der Waals surface area contributed by atoms with Crippen molar-refractivity contribution in [3.8, 4) is 11.5 Å². The van der Waals surface area contributed by atoms with Crippen LogP contribution in [0.3, 0.4) is 0 Å². The summed E-state index contributed by atoms with van der Waals surface area (Å²) in [7, 11) is 0. The normalized spacial score (nSPS) is 19.4. The molecule has 0 radical (unpaired) electrons. The average Bonchev–Trinajstić information content (AvgIpc) is 3.47. The smallest absolute Gasteiger partial charge is 0.161 e. The molecule has 3 atom stereocenters. The van der Waals surface area contributed by atoms with Crippen LogP contribution in [0.4, 0.5) is 11.4 Å². The van der Waals surface area contributed by atoms with Crippen molar-refractivity contribution in [1.29, 1.82) is 0 Å². The zero-order valence-corrected chi connectivity index (χ0v) is 22.5. The minimum absolute atomic E-state index is 0.287. The Kier molecular flexibility index (Phi) is 7.18. The van der Waals surface area contributed by atoms with E-state index in [-0.39, 0.29) is 6.04 Å². The third kappa shape index (κ3) is 5.46. The summed E-state index contributed by atoms with van der Waals surface area (Å²) >= 11 is 0. The number of rotatable bonds is 8. The first-order chi connectivity index (χ1) is 19.2. The molecule has 0 amide bonds. The van der Waals surface area contributed by atoms with Gasteiger partial charge in [0, 0.05) is 17.8 Å². The van der Waals surface area contributed by atoms with Gasteiger partial charge in [-0.1, -0.05) is 72.3 Å². The lowest BCUT2D eigenvalue weighted by Gasteiger charge is -2.37. The van der Waals surface area contributed by atoms with E-state index in [2.05, 4.69) is 79.0 Å². The Hall–Kier alpha value is -4.31. The van der Waals surface area contributed by atoms with Gasteiger partial charge in [-0.2, -0.15) is 0 Å². The number of benzene rings is 4. The standard InChI is InChI=1S/C35H34N2O2/c1-3-38-34-21-26(13-19-33(34)39-23-25-8-5-4-6-9-25)22-36-28-16-14-27(15-17-28)35-30-11-7-10-29(30)31-20-24(2)12-18-32(31)37-35/h4-10,12-22,29-30,35,37H,3,11,23H2,1-2H3/t29-,30+,35-/m0/s1. The van der Waals surface area contributed by atoms with Crippen molar-refractivity contribution in [2.75, 3.05) is 11.9 Å². The van der Waals surface area contributed by atoms with Crippen molar-refractivity contribution >= 4 is 17.6 Å². The van der Waals surface area contributed by atoms with Gasteiger partial charge in [-0.25, -0.2) is 0 Å². The second kappa shape index (κ2) is 11.2. The molecular formula is C35H34N2O2. The van der Waals surface area contributed by atoms with E-state index in [1.54, 1.807) is 0 Å². The highest BCUT2D eigenvalue weighted by atomic mass is 16.5. The van der Waals surface area contributed by atoms with Crippen LogP contribution in [0.2, 0.25) is 0 Å². The Morgan fingerprint density at radius 1 is 0.897 bits per heavy atom. The molecule has 196 valence electrons. The Morgan fingerprint density at radius 3 is 2.56 bits per heavy atom. The van der Waals surface area contributed by atoms with Gasteiger partial charge >= 0.3 is 0 Å². The number of aryl methyl sites for hydroxylation is 1. The van der Waals surface area contributed by atoms with Crippen LogP contribution < -0.4 is 14.8 Å². The van der Waals surface area contributed by atoms with Gasteiger partial charge in [0.05, 0.1) is 18.3 Å². The van der Waals surface area contributed by atoms with E-state index >= 15 is 0 Å². The number of fused-ring (bicyclic) bond motifs is 3. The fourth-order valence-corrected chi connectivity index (χ4v) is 5.69. The zero-order valence-electron chi connectivity index (χ0n) is 22.5. The van der Waals surface area contributed by atoms with E-state index in [4.69, 9.17) is 14.5 Å². The van der Waals surface area contributed by atoms with Gasteiger partial charge in [-0.15, -0.1) is 0 Å². The van der Waals surface area contributed by atoms with Crippen molar-refractivity contribution in [2.45, 2.75) is 38.8 Å². The van der Waals surface area contributed by atoms with Crippen LogP contribution in [0.15, 0.2) is 108 Å². The third-order valence-corrected chi connectivity index (χ3v) is 7.64. The maximum absolute atomic E-state index is 6.04. The number of allylic oxidation sites excluding steroid dienone is 2. The van der Waals surface area contributed by atoms with Crippen LogP contribution in [-0.4, -0.2) is 12.8 Å². The van der Waals surface area contributed by atoms with Crippen molar-refractivity contribution in [3.05, 3.63) is 131 Å². The second-order valence-electron chi connectivity index (χ2n) is 10.3. The molecule has 0 fully saturated rings. The number of nitrogens with one attached hydrogen (secondary N) is 1. The van der Waals surface area contributed by atoms with Gasteiger partial charge < -0.3 is 14.8 Å². The summed E-state index contributed by atoms with van der Waals surface area (Å²) in [4.78, 5) is 4.75. The lowest BCUT2D eigenvalue weighted by molar-refractivity contribution is 0.269. The van der Waals surface area contributed by atoms with Gasteiger partial charge in [0.15, 0.2) is 11.5 Å². The molecule has 4 aromatic carbocycles. The van der Waals surface area contributed by atoms with Crippen molar-refractivity contribution in [3.63, 3.8) is 0 Å².